The monoisotopic (exact) mass is 318 g/mol. The van der Waals surface area contributed by atoms with E-state index >= 15 is 0 Å². The van der Waals surface area contributed by atoms with E-state index in [0.717, 1.165) is 6.42 Å². The quantitative estimate of drug-likeness (QED) is 0.784. The van der Waals surface area contributed by atoms with Crippen molar-refractivity contribution >= 4 is 25.6 Å². The van der Waals surface area contributed by atoms with Crippen LogP contribution in [-0.4, -0.2) is 36.9 Å². The van der Waals surface area contributed by atoms with Crippen LogP contribution in [0.5, 0.6) is 0 Å². The Kier molecular flexibility index (Phi) is 4.16. The van der Waals surface area contributed by atoms with Crippen molar-refractivity contribution in [2.75, 3.05) is 13.1 Å². The van der Waals surface area contributed by atoms with Gasteiger partial charge in [-0.1, -0.05) is 13.8 Å². The van der Waals surface area contributed by atoms with E-state index < -0.39 is 9.05 Å². The van der Waals surface area contributed by atoms with Crippen LogP contribution in [0.3, 0.4) is 0 Å². The van der Waals surface area contributed by atoms with Crippen LogP contribution in [0.2, 0.25) is 0 Å². The Bertz CT molecular complexity index is 624. The summed E-state index contributed by atoms with van der Waals surface area (Å²) < 4.78 is 24.2. The highest BCUT2D eigenvalue weighted by atomic mass is 35.7. The lowest BCUT2D eigenvalue weighted by atomic mass is 9.88. The largest absolute Gasteiger partial charge is 0.345 e. The molecule has 1 aromatic heterocycles. The minimum atomic E-state index is -3.81. The molecule has 0 N–H and O–H groups in total. The predicted octanol–water partition coefficient (Wildman–Crippen LogP) is 2.07. The molecule has 0 spiro atoms. The average Bonchev–Trinajstić information content (AvgIpc) is 2.74. The smallest absolute Gasteiger partial charge is 0.270 e. The van der Waals surface area contributed by atoms with E-state index in [9.17, 15) is 13.2 Å². The molecule has 5 nitrogen and oxygen atoms in total. The van der Waals surface area contributed by atoms with Crippen LogP contribution >= 0.6 is 10.7 Å². The van der Waals surface area contributed by atoms with Gasteiger partial charge in [0.05, 0.1) is 0 Å². The lowest BCUT2D eigenvalue weighted by molar-refractivity contribution is 0.0618. The molecular formula is C13H19ClN2O3S. The number of aryl methyl sites for hydroxylation is 1. The van der Waals surface area contributed by atoms with Crippen molar-refractivity contribution in [2.24, 2.45) is 18.9 Å². The van der Waals surface area contributed by atoms with E-state index in [-0.39, 0.29) is 10.8 Å². The maximum absolute atomic E-state index is 12.5. The van der Waals surface area contributed by atoms with E-state index in [1.807, 2.05) is 0 Å². The average molecular weight is 319 g/mol. The fourth-order valence-corrected chi connectivity index (χ4v) is 3.28. The van der Waals surface area contributed by atoms with E-state index in [1.165, 1.54) is 16.8 Å². The van der Waals surface area contributed by atoms with Gasteiger partial charge in [-0.2, -0.15) is 0 Å². The molecule has 112 valence electrons. The predicted molar refractivity (Wildman–Crippen MR) is 77.3 cm³/mol. The van der Waals surface area contributed by atoms with E-state index in [0.29, 0.717) is 30.6 Å². The maximum atomic E-state index is 12.5. The Morgan fingerprint density at radius 1 is 1.35 bits per heavy atom. The van der Waals surface area contributed by atoms with Gasteiger partial charge in [-0.05, 0) is 24.3 Å². The number of carbonyl (C=O) groups excluding carboxylic acids is 1. The Hall–Kier alpha value is -1.01. The summed E-state index contributed by atoms with van der Waals surface area (Å²) in [6, 6.07) is 1.34. The highest BCUT2D eigenvalue weighted by Crippen LogP contribution is 2.25. The molecular weight excluding hydrogens is 300 g/mol. The van der Waals surface area contributed by atoms with Gasteiger partial charge in [0, 0.05) is 37.0 Å². The second kappa shape index (κ2) is 5.41. The molecule has 0 saturated carbocycles. The Morgan fingerprint density at radius 3 is 2.50 bits per heavy atom. The highest BCUT2D eigenvalue weighted by Gasteiger charge is 2.28. The third kappa shape index (κ3) is 3.01. The number of halogens is 1. The first-order chi connectivity index (χ1) is 9.20. The van der Waals surface area contributed by atoms with Crippen molar-refractivity contribution in [1.29, 1.82) is 0 Å². The lowest BCUT2D eigenvalue weighted by Crippen LogP contribution is -2.42. The summed E-state index contributed by atoms with van der Waals surface area (Å²) in [6.07, 6.45) is 2.34. The second-order valence-corrected chi connectivity index (χ2v) is 8.17. The van der Waals surface area contributed by atoms with E-state index in [2.05, 4.69) is 13.8 Å². The van der Waals surface area contributed by atoms with E-state index in [1.54, 1.807) is 11.9 Å². The van der Waals surface area contributed by atoms with Crippen LogP contribution in [0, 0.1) is 11.8 Å². The van der Waals surface area contributed by atoms with Gasteiger partial charge < -0.3 is 9.47 Å². The normalized spacial score (nSPS) is 23.9. The van der Waals surface area contributed by atoms with Gasteiger partial charge in [0.1, 0.15) is 10.6 Å². The molecule has 2 unspecified atom stereocenters. The van der Waals surface area contributed by atoms with Gasteiger partial charge in [-0.3, -0.25) is 4.79 Å². The number of amides is 1. The molecule has 7 heteroatoms. The molecule has 1 aliphatic rings. The molecule has 1 saturated heterocycles. The number of hydrogen-bond acceptors (Lipinski definition) is 3. The second-order valence-electron chi connectivity index (χ2n) is 5.60. The zero-order valence-electron chi connectivity index (χ0n) is 11.8. The standard InChI is InChI=1S/C13H19ClN2O3S/c1-9-4-5-16(7-10(9)2)13(17)12-6-11(8-15(12)3)20(14,18)19/h6,8-10H,4-5,7H2,1-3H3. The summed E-state index contributed by atoms with van der Waals surface area (Å²) in [5, 5.41) is 0. The minimum Gasteiger partial charge on any atom is -0.345 e. The molecule has 2 atom stereocenters. The summed E-state index contributed by atoms with van der Waals surface area (Å²) in [7, 11) is 3.15. The molecule has 2 heterocycles. The maximum Gasteiger partial charge on any atom is 0.270 e. The van der Waals surface area contributed by atoms with Crippen LogP contribution in [0.15, 0.2) is 17.2 Å². The van der Waals surface area contributed by atoms with Crippen LogP contribution < -0.4 is 0 Å². The lowest BCUT2D eigenvalue weighted by Gasteiger charge is -2.35. The molecule has 0 bridgehead atoms. The zero-order chi connectivity index (χ0) is 15.1. The fraction of sp³-hybridized carbons (Fsp3) is 0.615. The van der Waals surface area contributed by atoms with Crippen molar-refractivity contribution < 1.29 is 13.2 Å². The topological polar surface area (TPSA) is 59.4 Å². The number of likely N-dealkylation sites (tertiary alicyclic amines) is 1. The van der Waals surface area contributed by atoms with Gasteiger partial charge in [0.25, 0.3) is 15.0 Å². The highest BCUT2D eigenvalue weighted by molar-refractivity contribution is 8.13. The summed E-state index contributed by atoms with van der Waals surface area (Å²) in [6.45, 7) is 5.73. The summed E-state index contributed by atoms with van der Waals surface area (Å²) >= 11 is 0. The van der Waals surface area contributed by atoms with E-state index in [4.69, 9.17) is 10.7 Å². The molecule has 1 amide bonds. The van der Waals surface area contributed by atoms with Gasteiger partial charge in [-0.15, -0.1) is 0 Å². The summed E-state index contributed by atoms with van der Waals surface area (Å²) in [5.74, 6) is 0.910. The van der Waals surface area contributed by atoms with Crippen molar-refractivity contribution in [3.05, 3.63) is 18.0 Å². The molecule has 0 aromatic carbocycles. The van der Waals surface area contributed by atoms with Crippen LogP contribution in [-0.2, 0) is 16.1 Å². The number of carbonyl (C=O) groups is 1. The van der Waals surface area contributed by atoms with Gasteiger partial charge >= 0.3 is 0 Å². The molecule has 0 radical (unpaired) electrons. The summed E-state index contributed by atoms with van der Waals surface area (Å²) in [5.41, 5.74) is 0.353. The Morgan fingerprint density at radius 2 is 2.00 bits per heavy atom. The van der Waals surface area contributed by atoms with Crippen molar-refractivity contribution in [3.8, 4) is 0 Å². The van der Waals surface area contributed by atoms with Gasteiger partial charge in [0.15, 0.2) is 0 Å². The third-order valence-corrected chi connectivity index (χ3v) is 5.42. The van der Waals surface area contributed by atoms with Crippen LogP contribution in [0.25, 0.3) is 0 Å². The first-order valence-electron chi connectivity index (χ1n) is 6.60. The summed E-state index contributed by atoms with van der Waals surface area (Å²) in [4.78, 5) is 14.2. The van der Waals surface area contributed by atoms with Crippen molar-refractivity contribution in [2.45, 2.75) is 25.2 Å². The zero-order valence-corrected chi connectivity index (χ0v) is 13.4. The number of rotatable bonds is 2. The Balaban J connectivity index is 2.24. The first kappa shape index (κ1) is 15.4. The number of aromatic nitrogens is 1. The number of hydrogen-bond donors (Lipinski definition) is 0. The fourth-order valence-electron chi connectivity index (χ4n) is 2.49. The van der Waals surface area contributed by atoms with Crippen LogP contribution in [0.4, 0.5) is 0 Å². The molecule has 1 fully saturated rings. The van der Waals surface area contributed by atoms with Crippen LogP contribution in [0.1, 0.15) is 30.8 Å². The number of nitrogens with zero attached hydrogens (tertiary/aromatic N) is 2. The molecule has 20 heavy (non-hydrogen) atoms. The molecule has 1 aliphatic heterocycles. The van der Waals surface area contributed by atoms with Crippen molar-refractivity contribution in [3.63, 3.8) is 0 Å². The van der Waals surface area contributed by atoms with Gasteiger partial charge in [-0.25, -0.2) is 8.42 Å². The minimum absolute atomic E-state index is 0.0385. The molecule has 0 aliphatic carbocycles. The Labute approximate surface area is 123 Å². The SMILES string of the molecule is CC1CCN(C(=O)c2cc(S(=O)(=O)Cl)cn2C)CC1C. The van der Waals surface area contributed by atoms with Crippen molar-refractivity contribution in [1.82, 2.24) is 9.47 Å². The number of piperidine rings is 1. The third-order valence-electron chi connectivity index (χ3n) is 4.10. The molecule has 2 rings (SSSR count). The van der Waals surface area contributed by atoms with Gasteiger partial charge in [0.2, 0.25) is 0 Å². The molecule has 1 aromatic rings. The first-order valence-corrected chi connectivity index (χ1v) is 8.91.